The van der Waals surface area contributed by atoms with E-state index in [1.54, 1.807) is 0 Å². The van der Waals surface area contributed by atoms with Gasteiger partial charge in [-0.2, -0.15) is 0 Å². The first-order valence-electron chi connectivity index (χ1n) is 3.42. The predicted molar refractivity (Wildman–Crippen MR) is 46.6 cm³/mol. The number of alkyl halides is 2. The Bertz CT molecular complexity index is 491. The van der Waals surface area contributed by atoms with E-state index < -0.39 is 37.6 Å². The highest BCUT2D eigenvalue weighted by molar-refractivity contribution is 8.13. The summed E-state index contributed by atoms with van der Waals surface area (Å²) in [5.74, 6) is -1.72. The topological polar surface area (TPSA) is 73.0 Å². The molecule has 0 radical (unpaired) electrons. The van der Waals surface area contributed by atoms with Gasteiger partial charge < -0.3 is 5.73 Å². The van der Waals surface area contributed by atoms with Crippen LogP contribution in [-0.4, -0.2) is 13.4 Å². The molecule has 0 spiro atoms. The average molecular weight is 261 g/mol. The summed E-state index contributed by atoms with van der Waals surface area (Å²) in [7, 11) is 0.268. The number of aromatic nitrogens is 1. The second kappa shape index (κ2) is 3.86. The van der Waals surface area contributed by atoms with Gasteiger partial charge in [0.15, 0.2) is 5.82 Å². The molecule has 0 saturated carbocycles. The molecule has 0 aromatic carbocycles. The van der Waals surface area contributed by atoms with Crippen LogP contribution >= 0.6 is 10.7 Å². The number of anilines is 1. The Labute approximate surface area is 87.3 Å². The van der Waals surface area contributed by atoms with Gasteiger partial charge in [0.1, 0.15) is 0 Å². The van der Waals surface area contributed by atoms with Crippen molar-refractivity contribution in [3.63, 3.8) is 0 Å². The molecule has 0 unspecified atom stereocenters. The van der Waals surface area contributed by atoms with Crippen LogP contribution in [0.25, 0.3) is 0 Å². The van der Waals surface area contributed by atoms with Gasteiger partial charge in [-0.25, -0.2) is 26.6 Å². The van der Waals surface area contributed by atoms with Gasteiger partial charge >= 0.3 is 0 Å². The smallest absolute Gasteiger partial charge is 0.281 e. The lowest BCUT2D eigenvalue weighted by Crippen LogP contribution is -2.07. The van der Waals surface area contributed by atoms with Crippen LogP contribution in [0.4, 0.5) is 18.9 Å². The lowest BCUT2D eigenvalue weighted by molar-refractivity contribution is 0.146. The zero-order chi connectivity index (χ0) is 11.8. The molecule has 0 atom stereocenters. The summed E-state index contributed by atoms with van der Waals surface area (Å²) in [5.41, 5.74) is 3.16. The monoisotopic (exact) mass is 260 g/mol. The van der Waals surface area contributed by atoms with Crippen molar-refractivity contribution in [3.05, 3.63) is 17.6 Å². The van der Waals surface area contributed by atoms with E-state index in [9.17, 15) is 21.6 Å². The van der Waals surface area contributed by atoms with Gasteiger partial charge in [-0.15, -0.1) is 0 Å². The van der Waals surface area contributed by atoms with Gasteiger partial charge in [-0.05, 0) is 0 Å². The molecule has 1 heterocycles. The molecule has 0 aliphatic rings. The summed E-state index contributed by atoms with van der Waals surface area (Å²) in [6.45, 7) is 0. The van der Waals surface area contributed by atoms with E-state index in [1.807, 2.05) is 0 Å². The SMILES string of the molecule is Nc1cnc(S(=O)(=O)Cl)c(F)c1C(F)F. The maximum Gasteiger partial charge on any atom is 0.281 e. The van der Waals surface area contributed by atoms with Crippen molar-refractivity contribution in [1.29, 1.82) is 0 Å². The predicted octanol–water partition coefficient (Wildman–Crippen LogP) is 1.67. The fourth-order valence-electron chi connectivity index (χ4n) is 0.888. The van der Waals surface area contributed by atoms with Crippen molar-refractivity contribution in [1.82, 2.24) is 4.98 Å². The van der Waals surface area contributed by atoms with E-state index in [-0.39, 0.29) is 0 Å². The fourth-order valence-corrected chi connectivity index (χ4v) is 1.71. The Kier molecular flexibility index (Phi) is 3.10. The minimum atomic E-state index is -4.51. The van der Waals surface area contributed by atoms with E-state index in [1.165, 1.54) is 0 Å². The Balaban J connectivity index is 3.56. The molecule has 0 aliphatic carbocycles. The molecular formula is C6H4ClF3N2O2S. The molecule has 0 saturated heterocycles. The number of nitrogens with two attached hydrogens (primary N) is 1. The highest BCUT2D eigenvalue weighted by atomic mass is 35.7. The standard InChI is InChI=1S/C6H4ClF3N2O2S/c7-15(13,14)6-4(8)3(5(9)10)2(11)1-12-6/h1,5H,11H2. The highest BCUT2D eigenvalue weighted by Gasteiger charge is 2.26. The van der Waals surface area contributed by atoms with Crippen LogP contribution in [0.15, 0.2) is 11.2 Å². The first-order valence-corrected chi connectivity index (χ1v) is 5.72. The average Bonchev–Trinajstić information content (AvgIpc) is 2.00. The minimum absolute atomic E-state index is 0.611. The summed E-state index contributed by atoms with van der Waals surface area (Å²) in [6.07, 6.45) is -2.63. The van der Waals surface area contributed by atoms with Crippen LogP contribution in [0.1, 0.15) is 12.0 Å². The fraction of sp³-hybridized carbons (Fsp3) is 0.167. The van der Waals surface area contributed by atoms with Gasteiger partial charge in [-0.1, -0.05) is 0 Å². The van der Waals surface area contributed by atoms with E-state index >= 15 is 0 Å². The van der Waals surface area contributed by atoms with Crippen LogP contribution in [0.5, 0.6) is 0 Å². The van der Waals surface area contributed by atoms with Crippen LogP contribution in [0, 0.1) is 5.82 Å². The highest BCUT2D eigenvalue weighted by Crippen LogP contribution is 2.30. The maximum absolute atomic E-state index is 13.2. The molecule has 4 nitrogen and oxygen atoms in total. The van der Waals surface area contributed by atoms with Gasteiger partial charge in [0.05, 0.1) is 17.4 Å². The van der Waals surface area contributed by atoms with Crippen molar-refractivity contribution in [3.8, 4) is 0 Å². The van der Waals surface area contributed by atoms with Crippen molar-refractivity contribution in [2.75, 3.05) is 5.73 Å². The number of nitrogen functional groups attached to an aromatic ring is 1. The molecule has 15 heavy (non-hydrogen) atoms. The van der Waals surface area contributed by atoms with Crippen molar-refractivity contribution >= 4 is 25.4 Å². The van der Waals surface area contributed by atoms with Gasteiger partial charge in [0, 0.05) is 10.7 Å². The molecule has 1 rings (SSSR count). The minimum Gasteiger partial charge on any atom is -0.397 e. The van der Waals surface area contributed by atoms with Crippen molar-refractivity contribution in [2.45, 2.75) is 11.5 Å². The number of rotatable bonds is 2. The third-order valence-electron chi connectivity index (χ3n) is 1.51. The van der Waals surface area contributed by atoms with Crippen LogP contribution < -0.4 is 5.73 Å². The van der Waals surface area contributed by atoms with Gasteiger partial charge in [-0.3, -0.25) is 0 Å². The second-order valence-electron chi connectivity index (χ2n) is 2.48. The summed E-state index contributed by atoms with van der Waals surface area (Å²) in [6, 6.07) is 0. The first-order chi connectivity index (χ1) is 6.75. The summed E-state index contributed by atoms with van der Waals surface area (Å²) in [4.78, 5) is 3.04. The Morgan fingerprint density at radius 2 is 2.00 bits per heavy atom. The number of pyridine rings is 1. The Hall–Kier alpha value is -1.02. The summed E-state index contributed by atoms with van der Waals surface area (Å²) < 4.78 is 59.2. The van der Waals surface area contributed by atoms with E-state index in [0.29, 0.717) is 6.20 Å². The van der Waals surface area contributed by atoms with E-state index in [4.69, 9.17) is 16.4 Å². The number of halogens is 4. The molecule has 2 N–H and O–H groups in total. The molecule has 1 aromatic rings. The zero-order valence-electron chi connectivity index (χ0n) is 6.92. The van der Waals surface area contributed by atoms with Crippen LogP contribution in [0.2, 0.25) is 0 Å². The third kappa shape index (κ3) is 2.32. The van der Waals surface area contributed by atoms with E-state index in [0.717, 1.165) is 0 Å². The lowest BCUT2D eigenvalue weighted by Gasteiger charge is -2.07. The molecule has 0 aliphatic heterocycles. The molecule has 0 bridgehead atoms. The van der Waals surface area contributed by atoms with Crippen molar-refractivity contribution < 1.29 is 21.6 Å². The van der Waals surface area contributed by atoms with Crippen LogP contribution in [0.3, 0.4) is 0 Å². The van der Waals surface area contributed by atoms with Gasteiger partial charge in [0.2, 0.25) is 5.03 Å². The Morgan fingerprint density at radius 1 is 1.47 bits per heavy atom. The number of hydrogen-bond donors (Lipinski definition) is 1. The molecular weight excluding hydrogens is 257 g/mol. The third-order valence-corrected chi connectivity index (χ3v) is 2.69. The largest absolute Gasteiger partial charge is 0.397 e. The molecule has 1 aromatic heterocycles. The normalized spacial score (nSPS) is 12.1. The van der Waals surface area contributed by atoms with Crippen LogP contribution in [-0.2, 0) is 9.05 Å². The molecule has 0 fully saturated rings. The van der Waals surface area contributed by atoms with Crippen molar-refractivity contribution in [2.24, 2.45) is 0 Å². The molecule has 0 amide bonds. The Morgan fingerprint density at radius 3 is 2.40 bits per heavy atom. The van der Waals surface area contributed by atoms with Gasteiger partial charge in [0.25, 0.3) is 15.5 Å². The number of hydrogen-bond acceptors (Lipinski definition) is 4. The zero-order valence-corrected chi connectivity index (χ0v) is 8.49. The number of nitrogens with zero attached hydrogens (tertiary/aromatic N) is 1. The maximum atomic E-state index is 13.2. The van der Waals surface area contributed by atoms with E-state index in [2.05, 4.69) is 4.98 Å². The molecule has 9 heteroatoms. The summed E-state index contributed by atoms with van der Waals surface area (Å²) >= 11 is 0. The second-order valence-corrected chi connectivity index (χ2v) is 4.97. The quantitative estimate of drug-likeness (QED) is 0.821. The molecule has 84 valence electrons. The summed E-state index contributed by atoms with van der Waals surface area (Å²) in [5, 5.41) is -1.26. The lowest BCUT2D eigenvalue weighted by atomic mass is 10.2. The first kappa shape index (κ1) is 12.1.